The largest absolute Gasteiger partial charge is 0.414 e. The van der Waals surface area contributed by atoms with Crippen LogP contribution in [-0.4, -0.2) is 29.3 Å². The van der Waals surface area contributed by atoms with Gasteiger partial charge in [-0.2, -0.15) is 0 Å². The van der Waals surface area contributed by atoms with Crippen molar-refractivity contribution >= 4 is 22.7 Å². The van der Waals surface area contributed by atoms with Crippen molar-refractivity contribution < 1.29 is 9.22 Å². The lowest BCUT2D eigenvalue weighted by atomic mass is 10.1. The summed E-state index contributed by atoms with van der Waals surface area (Å²) in [5.74, 6) is 0.0786. The van der Waals surface area contributed by atoms with Gasteiger partial charge in [0.25, 0.3) is 0 Å². The van der Waals surface area contributed by atoms with E-state index < -0.39 is 7.59 Å². The highest BCUT2D eigenvalue weighted by atomic mass is 29.2. The lowest BCUT2D eigenvalue weighted by Gasteiger charge is -2.35. The first-order chi connectivity index (χ1) is 8.63. The topological polar surface area (TPSA) is 26.3 Å². The van der Waals surface area contributed by atoms with E-state index in [1.807, 2.05) is 31.2 Å². The Bertz CT molecular complexity index is 448. The Morgan fingerprint density at radius 2 is 1.95 bits per heavy atom. The van der Waals surface area contributed by atoms with Crippen LogP contribution >= 0.6 is 0 Å². The molecular weight excluding hydrogens is 268 g/mol. The van der Waals surface area contributed by atoms with E-state index in [1.165, 1.54) is 0 Å². The lowest BCUT2D eigenvalue weighted by Crippen LogP contribution is -2.45. The van der Waals surface area contributed by atoms with Crippen molar-refractivity contribution in [2.45, 2.75) is 45.8 Å². The Morgan fingerprint density at radius 3 is 2.47 bits per heavy atom. The van der Waals surface area contributed by atoms with Gasteiger partial charge in [0.15, 0.2) is 5.78 Å². The first-order valence-corrected chi connectivity index (χ1v) is 11.5. The minimum absolute atomic E-state index is 0.0786. The number of carbonyl (C=O) groups excluding carboxylic acids is 1. The van der Waals surface area contributed by atoms with Gasteiger partial charge in [-0.3, -0.25) is 4.79 Å². The highest BCUT2D eigenvalue weighted by molar-refractivity contribution is 7.22. The summed E-state index contributed by atoms with van der Waals surface area (Å²) in [7, 11) is -0.967. The molecule has 1 aromatic carbocycles. The molecular formula is C15H24O2Si2. The van der Waals surface area contributed by atoms with Crippen molar-refractivity contribution in [3.63, 3.8) is 0 Å². The van der Waals surface area contributed by atoms with E-state index in [0.717, 1.165) is 11.1 Å². The fraction of sp³-hybridized carbons (Fsp3) is 0.533. The third-order valence-electron chi connectivity index (χ3n) is 3.75. The highest BCUT2D eigenvalue weighted by Gasteiger charge is 2.36. The summed E-state index contributed by atoms with van der Waals surface area (Å²) in [6.07, 6.45) is 0. The number of hydrogen-bond donors (Lipinski definition) is 0. The first-order valence-electron chi connectivity index (χ1n) is 6.62. The summed E-state index contributed by atoms with van der Waals surface area (Å²) >= 11 is 0. The standard InChI is InChI=1S/C15H24O2Si2/c1-12-8-7-9-13(10-12)14(16)11-17-18-19(5,6)15(2,3)4/h7-10H,11H2,1-6H3. The van der Waals surface area contributed by atoms with E-state index in [9.17, 15) is 4.79 Å². The van der Waals surface area contributed by atoms with Gasteiger partial charge in [-0.15, -0.1) is 0 Å². The molecule has 0 bridgehead atoms. The van der Waals surface area contributed by atoms with Crippen LogP contribution in [0.2, 0.25) is 18.1 Å². The molecule has 0 unspecified atom stereocenters. The number of aryl methyl sites for hydroxylation is 1. The molecule has 1 aromatic rings. The normalized spacial score (nSPS) is 12.5. The molecule has 0 saturated heterocycles. The molecule has 1 rings (SSSR count). The van der Waals surface area contributed by atoms with Crippen molar-refractivity contribution in [3.8, 4) is 0 Å². The summed E-state index contributed by atoms with van der Waals surface area (Å²) < 4.78 is 5.72. The zero-order chi connectivity index (χ0) is 14.7. The van der Waals surface area contributed by atoms with Gasteiger partial charge >= 0.3 is 0 Å². The number of rotatable bonds is 5. The van der Waals surface area contributed by atoms with E-state index in [-0.39, 0.29) is 12.4 Å². The summed E-state index contributed by atoms with van der Waals surface area (Å²) in [5.41, 5.74) is 1.86. The van der Waals surface area contributed by atoms with Gasteiger partial charge < -0.3 is 4.43 Å². The molecule has 0 aliphatic carbocycles. The van der Waals surface area contributed by atoms with Crippen LogP contribution in [0.5, 0.6) is 0 Å². The van der Waals surface area contributed by atoms with Crippen molar-refractivity contribution in [2.24, 2.45) is 0 Å². The van der Waals surface area contributed by atoms with E-state index in [2.05, 4.69) is 33.9 Å². The zero-order valence-corrected chi connectivity index (χ0v) is 14.8. The van der Waals surface area contributed by atoms with E-state index in [4.69, 9.17) is 4.43 Å². The predicted octanol–water partition coefficient (Wildman–Crippen LogP) is 3.82. The number of carbonyl (C=O) groups is 1. The second kappa shape index (κ2) is 6.16. The minimum atomic E-state index is -1.43. The van der Waals surface area contributed by atoms with E-state index in [0.29, 0.717) is 14.3 Å². The van der Waals surface area contributed by atoms with Crippen molar-refractivity contribution in [2.75, 3.05) is 6.61 Å². The van der Waals surface area contributed by atoms with Crippen molar-refractivity contribution in [1.82, 2.24) is 0 Å². The molecule has 0 amide bonds. The van der Waals surface area contributed by atoms with Crippen LogP contribution in [-0.2, 0) is 4.43 Å². The number of ketones is 1. The molecule has 4 heteroatoms. The maximum absolute atomic E-state index is 12.0. The summed E-state index contributed by atoms with van der Waals surface area (Å²) in [6.45, 7) is 13.6. The fourth-order valence-corrected chi connectivity index (χ4v) is 4.42. The second-order valence-electron chi connectivity index (χ2n) is 6.56. The van der Waals surface area contributed by atoms with Crippen LogP contribution in [0.3, 0.4) is 0 Å². The third kappa shape index (κ3) is 4.71. The molecule has 2 nitrogen and oxygen atoms in total. The van der Waals surface area contributed by atoms with Crippen LogP contribution < -0.4 is 0 Å². The molecule has 0 N–H and O–H groups in total. The Morgan fingerprint density at radius 1 is 1.32 bits per heavy atom. The smallest absolute Gasteiger partial charge is 0.213 e. The second-order valence-corrected chi connectivity index (χ2v) is 16.2. The summed E-state index contributed by atoms with van der Waals surface area (Å²) in [6, 6.07) is 7.68. The van der Waals surface area contributed by atoms with Crippen LogP contribution in [0.1, 0.15) is 36.7 Å². The van der Waals surface area contributed by atoms with Gasteiger partial charge in [0.05, 0.1) is 14.2 Å². The van der Waals surface area contributed by atoms with Gasteiger partial charge in [0.1, 0.15) is 0 Å². The number of hydrogen-bond acceptors (Lipinski definition) is 2. The Labute approximate surface area is 120 Å². The van der Waals surface area contributed by atoms with Gasteiger partial charge in [0, 0.05) is 5.56 Å². The van der Waals surface area contributed by atoms with Crippen LogP contribution in [0.25, 0.3) is 0 Å². The van der Waals surface area contributed by atoms with Crippen LogP contribution in [0, 0.1) is 6.92 Å². The first kappa shape index (κ1) is 16.3. The summed E-state index contributed by atoms with van der Waals surface area (Å²) in [5, 5.41) is 0.303. The molecule has 0 heterocycles. The van der Waals surface area contributed by atoms with Gasteiger partial charge in [-0.1, -0.05) is 57.6 Å². The SMILES string of the molecule is Cc1cccc(C(=O)CO[Si][Si](C)(C)C(C)(C)C)c1. The van der Waals surface area contributed by atoms with Crippen molar-refractivity contribution in [3.05, 3.63) is 35.4 Å². The number of benzene rings is 1. The van der Waals surface area contributed by atoms with Crippen LogP contribution in [0.15, 0.2) is 24.3 Å². The monoisotopic (exact) mass is 292 g/mol. The molecule has 0 fully saturated rings. The molecule has 0 aliphatic heterocycles. The average Bonchev–Trinajstić information content (AvgIpc) is 2.27. The predicted molar refractivity (Wildman–Crippen MR) is 84.4 cm³/mol. The van der Waals surface area contributed by atoms with Gasteiger partial charge in [0.2, 0.25) is 9.28 Å². The zero-order valence-electron chi connectivity index (χ0n) is 12.8. The van der Waals surface area contributed by atoms with Crippen molar-refractivity contribution in [1.29, 1.82) is 0 Å². The average molecular weight is 293 g/mol. The summed E-state index contributed by atoms with van der Waals surface area (Å²) in [4.78, 5) is 12.0. The molecule has 0 aliphatic rings. The Kier molecular flexibility index (Phi) is 5.29. The quantitative estimate of drug-likeness (QED) is 0.609. The highest BCUT2D eigenvalue weighted by Crippen LogP contribution is 2.34. The molecule has 0 spiro atoms. The molecule has 2 radical (unpaired) electrons. The maximum Gasteiger partial charge on any atom is 0.213 e. The molecule has 19 heavy (non-hydrogen) atoms. The lowest BCUT2D eigenvalue weighted by molar-refractivity contribution is 0.0926. The Hall–Kier alpha value is -0.716. The maximum atomic E-state index is 12.0. The van der Waals surface area contributed by atoms with Gasteiger partial charge in [-0.05, 0) is 18.0 Å². The van der Waals surface area contributed by atoms with E-state index >= 15 is 0 Å². The molecule has 0 aromatic heterocycles. The van der Waals surface area contributed by atoms with Gasteiger partial charge in [-0.25, -0.2) is 0 Å². The molecule has 0 atom stereocenters. The Balaban J connectivity index is 2.53. The van der Waals surface area contributed by atoms with Crippen LogP contribution in [0.4, 0.5) is 0 Å². The third-order valence-corrected chi connectivity index (χ3v) is 12.5. The van der Waals surface area contributed by atoms with E-state index in [1.54, 1.807) is 0 Å². The molecule has 0 saturated carbocycles. The minimum Gasteiger partial charge on any atom is -0.414 e. The number of Topliss-reactive ketones (excluding diaryl/α,β-unsaturated/α-hetero) is 1. The fourth-order valence-electron chi connectivity index (χ4n) is 1.34. The molecule has 104 valence electrons.